The Morgan fingerprint density at radius 2 is 1.73 bits per heavy atom. The number of aromatic nitrogens is 3. The Kier molecular flexibility index (Phi) is 7.67. The lowest BCUT2D eigenvalue weighted by molar-refractivity contribution is -0.132. The van der Waals surface area contributed by atoms with Crippen molar-refractivity contribution in [2.24, 2.45) is 0 Å². The number of amides is 1. The van der Waals surface area contributed by atoms with E-state index in [1.807, 2.05) is 42.2 Å². The van der Waals surface area contributed by atoms with Crippen LogP contribution in [-0.2, 0) is 17.9 Å². The van der Waals surface area contributed by atoms with Gasteiger partial charge in [-0.2, -0.15) is 0 Å². The number of methoxy groups -OCH3 is 1. The van der Waals surface area contributed by atoms with Gasteiger partial charge in [0.25, 0.3) is 0 Å². The molecule has 0 N–H and O–H groups in total. The fraction of sp³-hybridized carbons (Fsp3) is 0.400. The summed E-state index contributed by atoms with van der Waals surface area (Å²) in [5, 5.41) is 9.36. The number of hydrogen-bond acceptors (Lipinski definition) is 6. The highest BCUT2D eigenvalue weighted by atomic mass is 32.2. The van der Waals surface area contributed by atoms with Gasteiger partial charge in [0.15, 0.2) is 11.0 Å². The van der Waals surface area contributed by atoms with Gasteiger partial charge in [-0.15, -0.1) is 10.2 Å². The Bertz CT molecular complexity index is 1050. The molecule has 0 bridgehead atoms. The summed E-state index contributed by atoms with van der Waals surface area (Å²) in [5.74, 6) is 1.77. The van der Waals surface area contributed by atoms with E-state index in [-0.39, 0.29) is 11.2 Å². The summed E-state index contributed by atoms with van der Waals surface area (Å²) in [6, 6.07) is 18.3. The molecule has 1 aliphatic heterocycles. The topological polar surface area (TPSA) is 63.5 Å². The average molecular weight is 466 g/mol. The molecule has 174 valence electrons. The lowest BCUT2D eigenvalue weighted by atomic mass is 10.2. The van der Waals surface area contributed by atoms with Crippen molar-refractivity contribution >= 4 is 17.7 Å². The molecule has 0 aliphatic carbocycles. The van der Waals surface area contributed by atoms with Crippen LogP contribution in [0.5, 0.6) is 5.75 Å². The number of hydrogen-bond donors (Lipinski definition) is 0. The van der Waals surface area contributed by atoms with Gasteiger partial charge in [-0.3, -0.25) is 9.69 Å². The fourth-order valence-electron chi connectivity index (χ4n) is 4.05. The Morgan fingerprint density at radius 1 is 1.03 bits per heavy atom. The summed E-state index contributed by atoms with van der Waals surface area (Å²) in [6.45, 7) is 9.00. The van der Waals surface area contributed by atoms with Gasteiger partial charge >= 0.3 is 0 Å². The zero-order valence-electron chi connectivity index (χ0n) is 19.5. The summed E-state index contributed by atoms with van der Waals surface area (Å²) >= 11 is 1.48. The van der Waals surface area contributed by atoms with Crippen LogP contribution in [0.1, 0.15) is 19.4 Å². The van der Waals surface area contributed by atoms with Crippen LogP contribution in [0.15, 0.2) is 59.8 Å². The molecule has 0 radical (unpaired) electrons. The quantitative estimate of drug-likeness (QED) is 0.472. The summed E-state index contributed by atoms with van der Waals surface area (Å²) in [7, 11) is 1.65. The van der Waals surface area contributed by atoms with E-state index in [2.05, 4.69) is 50.9 Å². The Hall–Kier alpha value is -2.84. The van der Waals surface area contributed by atoms with Gasteiger partial charge in [-0.1, -0.05) is 42.1 Å². The first-order valence-electron chi connectivity index (χ1n) is 11.4. The number of ether oxygens (including phenoxy) is 1. The van der Waals surface area contributed by atoms with E-state index >= 15 is 0 Å². The predicted molar refractivity (Wildman–Crippen MR) is 131 cm³/mol. The third kappa shape index (κ3) is 5.57. The molecule has 1 unspecified atom stereocenters. The number of nitrogens with zero attached hydrogens (tertiary/aromatic N) is 5. The lowest BCUT2D eigenvalue weighted by Crippen LogP contribution is -2.50. The van der Waals surface area contributed by atoms with Crippen molar-refractivity contribution in [2.45, 2.75) is 37.3 Å². The molecular formula is C25H31N5O2S. The average Bonchev–Trinajstić information content (AvgIpc) is 3.27. The van der Waals surface area contributed by atoms with Crippen LogP contribution >= 0.6 is 11.8 Å². The maximum Gasteiger partial charge on any atom is 0.235 e. The normalized spacial score (nSPS) is 15.4. The maximum atomic E-state index is 13.1. The lowest BCUT2D eigenvalue weighted by Gasteiger charge is -2.35. The Balaban J connectivity index is 1.35. The predicted octanol–water partition coefficient (Wildman–Crippen LogP) is 3.80. The van der Waals surface area contributed by atoms with Crippen molar-refractivity contribution in [2.75, 3.05) is 33.3 Å². The molecule has 7 nitrogen and oxygen atoms in total. The first-order chi connectivity index (χ1) is 16.1. The zero-order chi connectivity index (χ0) is 23.2. The van der Waals surface area contributed by atoms with Crippen LogP contribution in [0, 0.1) is 0 Å². The Labute approximate surface area is 199 Å². The van der Waals surface area contributed by atoms with Gasteiger partial charge in [-0.25, -0.2) is 0 Å². The van der Waals surface area contributed by atoms with E-state index in [0.717, 1.165) is 61.6 Å². The smallest absolute Gasteiger partial charge is 0.235 e. The summed E-state index contributed by atoms with van der Waals surface area (Å²) in [5.41, 5.74) is 2.29. The van der Waals surface area contributed by atoms with Crippen molar-refractivity contribution < 1.29 is 9.53 Å². The molecule has 1 fully saturated rings. The summed E-state index contributed by atoms with van der Waals surface area (Å²) in [6.07, 6.45) is 0. The van der Waals surface area contributed by atoms with Crippen LogP contribution in [0.3, 0.4) is 0 Å². The minimum atomic E-state index is -0.219. The van der Waals surface area contributed by atoms with Gasteiger partial charge in [0.2, 0.25) is 5.91 Å². The van der Waals surface area contributed by atoms with Crippen molar-refractivity contribution in [3.63, 3.8) is 0 Å². The molecular weight excluding hydrogens is 434 g/mol. The van der Waals surface area contributed by atoms with Gasteiger partial charge in [0.1, 0.15) is 5.75 Å². The molecule has 1 aliphatic rings. The van der Waals surface area contributed by atoms with E-state index in [1.54, 1.807) is 7.11 Å². The van der Waals surface area contributed by atoms with Crippen LogP contribution in [-0.4, -0.2) is 69.0 Å². The van der Waals surface area contributed by atoms with Gasteiger partial charge < -0.3 is 14.2 Å². The van der Waals surface area contributed by atoms with Gasteiger partial charge in [0, 0.05) is 44.8 Å². The summed E-state index contributed by atoms with van der Waals surface area (Å²) < 4.78 is 7.31. The maximum absolute atomic E-state index is 13.1. The van der Waals surface area contributed by atoms with Crippen LogP contribution in [0.4, 0.5) is 0 Å². The van der Waals surface area contributed by atoms with Crippen LogP contribution < -0.4 is 4.74 Å². The fourth-order valence-corrected chi connectivity index (χ4v) is 5.05. The summed E-state index contributed by atoms with van der Waals surface area (Å²) in [4.78, 5) is 17.5. The van der Waals surface area contributed by atoms with E-state index in [0.29, 0.717) is 0 Å². The Morgan fingerprint density at radius 3 is 2.36 bits per heavy atom. The molecule has 0 spiro atoms. The molecule has 1 atom stereocenters. The van der Waals surface area contributed by atoms with E-state index in [9.17, 15) is 4.79 Å². The van der Waals surface area contributed by atoms with Crippen LogP contribution in [0.25, 0.3) is 11.4 Å². The van der Waals surface area contributed by atoms with E-state index in [1.165, 1.54) is 17.3 Å². The SMILES string of the molecule is CCn1c(SC(C)C(=O)N2CCN(Cc3ccccc3)CC2)nnc1-c1ccc(OC)cc1. The molecule has 4 rings (SSSR count). The highest BCUT2D eigenvalue weighted by molar-refractivity contribution is 8.00. The molecule has 2 aromatic carbocycles. The third-order valence-corrected chi connectivity index (χ3v) is 7.01. The monoisotopic (exact) mass is 465 g/mol. The van der Waals surface area contributed by atoms with E-state index < -0.39 is 0 Å². The standard InChI is InChI=1S/C25H31N5O2S/c1-4-30-23(21-10-12-22(32-3)13-11-21)26-27-25(30)33-19(2)24(31)29-16-14-28(15-17-29)18-20-8-6-5-7-9-20/h5-13,19H,4,14-18H2,1-3H3. The number of carbonyl (C=O) groups excluding carboxylic acids is 1. The van der Waals surface area contributed by atoms with E-state index in [4.69, 9.17) is 4.74 Å². The molecule has 1 saturated heterocycles. The largest absolute Gasteiger partial charge is 0.497 e. The molecule has 1 amide bonds. The second-order valence-electron chi connectivity index (χ2n) is 8.13. The van der Waals surface area contributed by atoms with Crippen molar-refractivity contribution in [1.82, 2.24) is 24.6 Å². The zero-order valence-corrected chi connectivity index (χ0v) is 20.3. The first kappa shape index (κ1) is 23.3. The number of rotatable bonds is 8. The van der Waals surface area contributed by atoms with Crippen molar-refractivity contribution in [3.05, 3.63) is 60.2 Å². The van der Waals surface area contributed by atoms with Gasteiger partial charge in [0.05, 0.1) is 12.4 Å². The first-order valence-corrected chi connectivity index (χ1v) is 12.3. The van der Waals surface area contributed by atoms with Crippen LogP contribution in [0.2, 0.25) is 0 Å². The number of piperazine rings is 1. The molecule has 0 saturated carbocycles. The molecule has 1 aromatic heterocycles. The highest BCUT2D eigenvalue weighted by Gasteiger charge is 2.27. The molecule has 8 heteroatoms. The highest BCUT2D eigenvalue weighted by Crippen LogP contribution is 2.28. The molecule has 2 heterocycles. The number of thioether (sulfide) groups is 1. The molecule has 33 heavy (non-hydrogen) atoms. The molecule has 3 aromatic rings. The second-order valence-corrected chi connectivity index (χ2v) is 9.43. The van der Waals surface area contributed by atoms with Crippen molar-refractivity contribution in [1.29, 1.82) is 0 Å². The minimum Gasteiger partial charge on any atom is -0.497 e. The van der Waals surface area contributed by atoms with Gasteiger partial charge in [-0.05, 0) is 43.7 Å². The third-order valence-electron chi connectivity index (χ3n) is 5.94. The number of benzene rings is 2. The minimum absolute atomic E-state index is 0.163. The second kappa shape index (κ2) is 10.9. The van der Waals surface area contributed by atoms with Crippen molar-refractivity contribution in [3.8, 4) is 17.1 Å². The number of carbonyl (C=O) groups is 1.